The van der Waals surface area contributed by atoms with E-state index in [1.165, 1.54) is 6.42 Å². The highest BCUT2D eigenvalue weighted by atomic mass is 16.5. The first kappa shape index (κ1) is 19.8. The molecule has 0 aliphatic carbocycles. The molecule has 0 spiro atoms. The number of nitrogens with one attached hydrogen (secondary N) is 2. The SMILES string of the molecule is COCC1(C(=O)NCc2ccc(C(=O)N3CCCCC3)cc2)CCNCC1. The van der Waals surface area contributed by atoms with Crippen LogP contribution in [0, 0.1) is 5.41 Å². The highest BCUT2D eigenvalue weighted by Crippen LogP contribution is 2.29. The number of amides is 2. The first-order chi connectivity index (χ1) is 13.1. The normalized spacial score (nSPS) is 19.5. The highest BCUT2D eigenvalue weighted by molar-refractivity contribution is 5.94. The van der Waals surface area contributed by atoms with Gasteiger partial charge in [0.2, 0.25) is 5.91 Å². The fourth-order valence-electron chi connectivity index (χ4n) is 4.03. The zero-order valence-electron chi connectivity index (χ0n) is 16.3. The molecule has 3 rings (SSSR count). The van der Waals surface area contributed by atoms with Gasteiger partial charge in [-0.2, -0.15) is 0 Å². The number of piperidine rings is 2. The molecule has 1 aromatic carbocycles. The van der Waals surface area contributed by atoms with Gasteiger partial charge in [0.25, 0.3) is 5.91 Å². The Morgan fingerprint density at radius 1 is 1.11 bits per heavy atom. The van der Waals surface area contributed by atoms with Crippen LogP contribution in [0.4, 0.5) is 0 Å². The summed E-state index contributed by atoms with van der Waals surface area (Å²) in [6.07, 6.45) is 4.97. The number of carbonyl (C=O) groups excluding carboxylic acids is 2. The van der Waals surface area contributed by atoms with Crippen molar-refractivity contribution in [3.05, 3.63) is 35.4 Å². The van der Waals surface area contributed by atoms with Crippen molar-refractivity contribution in [3.8, 4) is 0 Å². The topological polar surface area (TPSA) is 70.7 Å². The van der Waals surface area contributed by atoms with Gasteiger partial charge in [-0.3, -0.25) is 9.59 Å². The Labute approximate surface area is 161 Å². The van der Waals surface area contributed by atoms with Crippen LogP contribution in [-0.4, -0.2) is 56.6 Å². The van der Waals surface area contributed by atoms with Crippen molar-refractivity contribution in [2.45, 2.75) is 38.6 Å². The van der Waals surface area contributed by atoms with Crippen molar-refractivity contribution in [2.75, 3.05) is 39.9 Å². The van der Waals surface area contributed by atoms with Crippen LogP contribution in [0.15, 0.2) is 24.3 Å². The zero-order chi connectivity index (χ0) is 19.1. The third kappa shape index (κ3) is 4.87. The van der Waals surface area contributed by atoms with E-state index in [0.717, 1.165) is 63.0 Å². The Bertz CT molecular complexity index is 627. The summed E-state index contributed by atoms with van der Waals surface area (Å²) in [5, 5.41) is 6.36. The van der Waals surface area contributed by atoms with Gasteiger partial charge in [0.15, 0.2) is 0 Å². The molecule has 6 nitrogen and oxygen atoms in total. The molecule has 2 fully saturated rings. The fraction of sp³-hybridized carbons (Fsp3) is 0.619. The maximum atomic E-state index is 12.8. The lowest BCUT2D eigenvalue weighted by Gasteiger charge is -2.35. The van der Waals surface area contributed by atoms with Gasteiger partial charge < -0.3 is 20.3 Å². The monoisotopic (exact) mass is 373 g/mol. The van der Waals surface area contributed by atoms with Crippen LogP contribution in [-0.2, 0) is 16.1 Å². The summed E-state index contributed by atoms with van der Waals surface area (Å²) in [5.74, 6) is 0.165. The van der Waals surface area contributed by atoms with Gasteiger partial charge in [-0.05, 0) is 62.9 Å². The number of hydrogen-bond donors (Lipinski definition) is 2. The smallest absolute Gasteiger partial charge is 0.253 e. The van der Waals surface area contributed by atoms with E-state index in [0.29, 0.717) is 13.2 Å². The van der Waals surface area contributed by atoms with Crippen molar-refractivity contribution in [1.82, 2.24) is 15.5 Å². The van der Waals surface area contributed by atoms with E-state index >= 15 is 0 Å². The van der Waals surface area contributed by atoms with Gasteiger partial charge >= 0.3 is 0 Å². The van der Waals surface area contributed by atoms with Crippen molar-refractivity contribution >= 4 is 11.8 Å². The molecule has 0 unspecified atom stereocenters. The average molecular weight is 373 g/mol. The molecule has 0 aromatic heterocycles. The van der Waals surface area contributed by atoms with Gasteiger partial charge in [-0.25, -0.2) is 0 Å². The second-order valence-corrected chi connectivity index (χ2v) is 7.70. The molecule has 6 heteroatoms. The lowest BCUT2D eigenvalue weighted by atomic mass is 9.78. The standard InChI is InChI=1S/C21H31N3O3/c1-27-16-21(9-11-22-12-10-21)20(26)23-15-17-5-7-18(8-6-17)19(25)24-13-3-2-4-14-24/h5-8,22H,2-4,9-16H2,1H3,(H,23,26). The summed E-state index contributed by atoms with van der Waals surface area (Å²) >= 11 is 0. The maximum absolute atomic E-state index is 12.8. The van der Waals surface area contributed by atoms with E-state index in [9.17, 15) is 9.59 Å². The van der Waals surface area contributed by atoms with E-state index < -0.39 is 5.41 Å². The van der Waals surface area contributed by atoms with E-state index in [4.69, 9.17) is 4.74 Å². The number of methoxy groups -OCH3 is 1. The first-order valence-electron chi connectivity index (χ1n) is 10.0. The summed E-state index contributed by atoms with van der Waals surface area (Å²) < 4.78 is 5.33. The van der Waals surface area contributed by atoms with Crippen LogP contribution in [0.1, 0.15) is 48.0 Å². The van der Waals surface area contributed by atoms with Crippen LogP contribution in [0.25, 0.3) is 0 Å². The van der Waals surface area contributed by atoms with Crippen LogP contribution in [0.3, 0.4) is 0 Å². The summed E-state index contributed by atoms with van der Waals surface area (Å²) in [6, 6.07) is 7.60. The van der Waals surface area contributed by atoms with Crippen molar-refractivity contribution in [3.63, 3.8) is 0 Å². The minimum Gasteiger partial charge on any atom is -0.384 e. The number of hydrogen-bond acceptors (Lipinski definition) is 4. The molecule has 0 bridgehead atoms. The summed E-state index contributed by atoms with van der Waals surface area (Å²) in [4.78, 5) is 27.3. The largest absolute Gasteiger partial charge is 0.384 e. The number of ether oxygens (including phenoxy) is 1. The molecule has 2 heterocycles. The van der Waals surface area contributed by atoms with E-state index in [-0.39, 0.29) is 11.8 Å². The third-order valence-electron chi connectivity index (χ3n) is 5.76. The molecule has 1 aromatic rings. The summed E-state index contributed by atoms with van der Waals surface area (Å²) in [7, 11) is 1.65. The van der Waals surface area contributed by atoms with Crippen LogP contribution >= 0.6 is 0 Å². The van der Waals surface area contributed by atoms with Gasteiger partial charge in [0.1, 0.15) is 0 Å². The van der Waals surface area contributed by atoms with Crippen molar-refractivity contribution in [2.24, 2.45) is 5.41 Å². The van der Waals surface area contributed by atoms with Crippen LogP contribution in [0.5, 0.6) is 0 Å². The molecular weight excluding hydrogens is 342 g/mol. The van der Waals surface area contributed by atoms with E-state index in [1.807, 2.05) is 29.2 Å². The second kappa shape index (κ2) is 9.33. The van der Waals surface area contributed by atoms with Gasteiger partial charge in [-0.1, -0.05) is 12.1 Å². The number of likely N-dealkylation sites (tertiary alicyclic amines) is 1. The molecular formula is C21H31N3O3. The Balaban J connectivity index is 1.56. The van der Waals surface area contributed by atoms with Crippen LogP contribution in [0.2, 0.25) is 0 Å². The zero-order valence-corrected chi connectivity index (χ0v) is 16.3. The van der Waals surface area contributed by atoms with E-state index in [1.54, 1.807) is 7.11 Å². The number of carbonyl (C=O) groups is 2. The fourth-order valence-corrected chi connectivity index (χ4v) is 4.03. The molecule has 0 saturated carbocycles. The molecule has 2 aliphatic heterocycles. The van der Waals surface area contributed by atoms with Gasteiger partial charge in [-0.15, -0.1) is 0 Å². The average Bonchev–Trinajstić information content (AvgIpc) is 2.73. The molecule has 2 amide bonds. The second-order valence-electron chi connectivity index (χ2n) is 7.70. The first-order valence-corrected chi connectivity index (χ1v) is 10.0. The summed E-state index contributed by atoms with van der Waals surface area (Å²) in [6.45, 7) is 4.30. The minimum absolute atomic E-state index is 0.0549. The van der Waals surface area contributed by atoms with Crippen LogP contribution < -0.4 is 10.6 Å². The molecule has 0 atom stereocenters. The molecule has 2 N–H and O–H groups in total. The lowest BCUT2D eigenvalue weighted by Crippen LogP contribution is -2.49. The van der Waals surface area contributed by atoms with Crippen molar-refractivity contribution < 1.29 is 14.3 Å². The lowest BCUT2D eigenvalue weighted by molar-refractivity contribution is -0.136. The molecule has 2 saturated heterocycles. The number of nitrogens with zero attached hydrogens (tertiary/aromatic N) is 1. The van der Waals surface area contributed by atoms with Crippen molar-refractivity contribution in [1.29, 1.82) is 0 Å². The quantitative estimate of drug-likeness (QED) is 0.800. The maximum Gasteiger partial charge on any atom is 0.253 e. The minimum atomic E-state index is -0.440. The molecule has 27 heavy (non-hydrogen) atoms. The van der Waals surface area contributed by atoms with E-state index in [2.05, 4.69) is 10.6 Å². The summed E-state index contributed by atoms with van der Waals surface area (Å²) in [5.41, 5.74) is 1.28. The number of rotatable bonds is 6. The van der Waals surface area contributed by atoms with Gasteiger partial charge in [0.05, 0.1) is 12.0 Å². The third-order valence-corrected chi connectivity index (χ3v) is 5.76. The predicted molar refractivity (Wildman–Crippen MR) is 104 cm³/mol. The predicted octanol–water partition coefficient (Wildman–Crippen LogP) is 1.95. The Kier molecular flexibility index (Phi) is 6.85. The Hall–Kier alpha value is -1.92. The van der Waals surface area contributed by atoms with Gasteiger partial charge in [0, 0.05) is 32.3 Å². The molecule has 0 radical (unpaired) electrons. The Morgan fingerprint density at radius 3 is 2.41 bits per heavy atom. The Morgan fingerprint density at radius 2 is 1.78 bits per heavy atom. The number of benzene rings is 1. The highest BCUT2D eigenvalue weighted by Gasteiger charge is 2.39. The molecule has 2 aliphatic rings. The molecule has 148 valence electrons.